The number of benzene rings is 1. The van der Waals surface area contributed by atoms with Gasteiger partial charge in [0, 0.05) is 43.5 Å². The van der Waals surface area contributed by atoms with Crippen LogP contribution in [0, 0.1) is 0 Å². The van der Waals surface area contributed by atoms with Crippen LogP contribution in [0.25, 0.3) is 22.2 Å². The van der Waals surface area contributed by atoms with E-state index in [1.807, 2.05) is 72.0 Å². The van der Waals surface area contributed by atoms with Gasteiger partial charge >= 0.3 is 0 Å². The van der Waals surface area contributed by atoms with Crippen molar-refractivity contribution in [3.8, 4) is 11.3 Å². The van der Waals surface area contributed by atoms with Gasteiger partial charge in [-0.3, -0.25) is 14.2 Å². The molecular weight excluding hydrogens is 364 g/mol. The Hall–Kier alpha value is -3.48. The third-order valence-corrected chi connectivity index (χ3v) is 4.97. The molecule has 0 aliphatic rings. The Balaban J connectivity index is 1.71. The van der Waals surface area contributed by atoms with E-state index in [1.54, 1.807) is 18.1 Å². The van der Waals surface area contributed by atoms with Gasteiger partial charge in [0.05, 0.1) is 35.2 Å². The summed E-state index contributed by atoms with van der Waals surface area (Å²) in [5, 5.41) is 9.66. The highest BCUT2D eigenvalue weighted by Gasteiger charge is 2.19. The van der Waals surface area contributed by atoms with Crippen molar-refractivity contribution in [3.63, 3.8) is 0 Å². The van der Waals surface area contributed by atoms with Gasteiger partial charge in [-0.25, -0.2) is 4.98 Å². The molecule has 3 heterocycles. The molecule has 0 aliphatic heterocycles. The third-order valence-electron chi connectivity index (χ3n) is 4.97. The number of amides is 1. The molecule has 0 fully saturated rings. The van der Waals surface area contributed by atoms with Crippen LogP contribution in [-0.4, -0.2) is 42.4 Å². The quantitative estimate of drug-likeness (QED) is 0.506. The molecule has 0 atom stereocenters. The molecule has 0 unspecified atom stereocenters. The van der Waals surface area contributed by atoms with Crippen molar-refractivity contribution in [2.45, 2.75) is 33.5 Å². The van der Waals surface area contributed by atoms with Crippen LogP contribution in [0.3, 0.4) is 0 Å². The van der Waals surface area contributed by atoms with Crippen molar-refractivity contribution in [1.82, 2.24) is 29.4 Å². The molecule has 148 valence electrons. The van der Waals surface area contributed by atoms with Crippen LogP contribution >= 0.6 is 0 Å². The minimum absolute atomic E-state index is 0.0567. The van der Waals surface area contributed by atoms with Gasteiger partial charge < -0.3 is 4.90 Å². The molecule has 0 N–H and O–H groups in total. The lowest BCUT2D eigenvalue weighted by Gasteiger charge is -2.18. The van der Waals surface area contributed by atoms with Gasteiger partial charge in [0.15, 0.2) is 0 Å². The van der Waals surface area contributed by atoms with Crippen molar-refractivity contribution in [1.29, 1.82) is 0 Å². The predicted molar refractivity (Wildman–Crippen MR) is 112 cm³/mol. The van der Waals surface area contributed by atoms with E-state index in [0.717, 1.165) is 40.9 Å². The second-order valence-electron chi connectivity index (χ2n) is 6.98. The van der Waals surface area contributed by atoms with E-state index in [9.17, 15) is 4.79 Å². The molecule has 4 rings (SSSR count). The maximum absolute atomic E-state index is 13.3. The topological polar surface area (TPSA) is 68.8 Å². The van der Waals surface area contributed by atoms with Crippen LogP contribution in [0.15, 0.2) is 55.0 Å². The molecule has 4 aromatic rings. The molecular formula is C22H24N6O. The summed E-state index contributed by atoms with van der Waals surface area (Å²) in [6.45, 7) is 6.12. The predicted octanol–water partition coefficient (Wildman–Crippen LogP) is 3.61. The first-order valence-electron chi connectivity index (χ1n) is 9.79. The molecule has 0 saturated carbocycles. The fraction of sp³-hybridized carbons (Fsp3) is 0.273. The van der Waals surface area contributed by atoms with Gasteiger partial charge in [-0.05, 0) is 32.0 Å². The summed E-state index contributed by atoms with van der Waals surface area (Å²) in [5.74, 6) is -0.0567. The zero-order chi connectivity index (χ0) is 20.4. The van der Waals surface area contributed by atoms with E-state index in [1.165, 1.54) is 0 Å². The first-order chi connectivity index (χ1) is 14.1. The Morgan fingerprint density at radius 2 is 1.90 bits per heavy atom. The molecule has 1 aromatic carbocycles. The normalized spacial score (nSPS) is 11.1. The van der Waals surface area contributed by atoms with E-state index in [2.05, 4.69) is 10.2 Å². The molecule has 1 amide bonds. The molecule has 7 heteroatoms. The fourth-order valence-corrected chi connectivity index (χ4v) is 3.35. The highest BCUT2D eigenvalue weighted by molar-refractivity contribution is 6.07. The van der Waals surface area contributed by atoms with Gasteiger partial charge in [0.25, 0.3) is 5.91 Å². The number of carbonyl (C=O) groups excluding carboxylic acids is 1. The highest BCUT2D eigenvalue weighted by Crippen LogP contribution is 2.25. The minimum atomic E-state index is -0.0567. The zero-order valence-corrected chi connectivity index (χ0v) is 16.9. The second kappa shape index (κ2) is 7.87. The Morgan fingerprint density at radius 1 is 1.10 bits per heavy atom. The first kappa shape index (κ1) is 18.9. The lowest BCUT2D eigenvalue weighted by atomic mass is 10.0. The first-order valence-corrected chi connectivity index (χ1v) is 9.79. The van der Waals surface area contributed by atoms with Crippen LogP contribution < -0.4 is 0 Å². The number of hydrogen-bond acceptors (Lipinski definition) is 4. The van der Waals surface area contributed by atoms with E-state index in [0.29, 0.717) is 12.1 Å². The summed E-state index contributed by atoms with van der Waals surface area (Å²) in [7, 11) is 1.80. The summed E-state index contributed by atoms with van der Waals surface area (Å²) in [4.78, 5) is 19.8. The second-order valence-corrected chi connectivity index (χ2v) is 6.98. The third kappa shape index (κ3) is 3.76. The maximum atomic E-state index is 13.3. The van der Waals surface area contributed by atoms with Crippen molar-refractivity contribution in [2.75, 3.05) is 7.05 Å². The number of pyridine rings is 1. The average Bonchev–Trinajstić information content (AvgIpc) is 3.41. The van der Waals surface area contributed by atoms with Crippen molar-refractivity contribution < 1.29 is 4.79 Å². The molecule has 29 heavy (non-hydrogen) atoms. The smallest absolute Gasteiger partial charge is 0.254 e. The van der Waals surface area contributed by atoms with E-state index >= 15 is 0 Å². The highest BCUT2D eigenvalue weighted by atomic mass is 16.2. The van der Waals surface area contributed by atoms with Crippen molar-refractivity contribution in [2.24, 2.45) is 0 Å². The Morgan fingerprint density at radius 3 is 2.62 bits per heavy atom. The summed E-state index contributed by atoms with van der Waals surface area (Å²) >= 11 is 0. The van der Waals surface area contributed by atoms with Crippen molar-refractivity contribution in [3.05, 3.63) is 66.2 Å². The zero-order valence-electron chi connectivity index (χ0n) is 16.9. The molecule has 0 bridgehead atoms. The molecule has 0 spiro atoms. The van der Waals surface area contributed by atoms with Crippen LogP contribution in [0.2, 0.25) is 0 Å². The van der Waals surface area contributed by atoms with E-state index in [-0.39, 0.29) is 5.91 Å². The van der Waals surface area contributed by atoms with Gasteiger partial charge in [0.1, 0.15) is 0 Å². The SMILES string of the molecule is CCn1cc(-c2cc(C(=O)N(C)Cc3ccn(CC)n3)c3ccccc3n2)cn1. The van der Waals surface area contributed by atoms with E-state index < -0.39 is 0 Å². The Labute approximate surface area is 169 Å². The number of rotatable bonds is 6. The fourth-order valence-electron chi connectivity index (χ4n) is 3.35. The van der Waals surface area contributed by atoms with Crippen LogP contribution in [0.5, 0.6) is 0 Å². The van der Waals surface area contributed by atoms with E-state index in [4.69, 9.17) is 4.98 Å². The number of para-hydroxylation sites is 1. The Bertz CT molecular complexity index is 1160. The number of aryl methyl sites for hydroxylation is 2. The summed E-state index contributed by atoms with van der Waals surface area (Å²) in [6.07, 6.45) is 5.67. The Kier molecular flexibility index (Phi) is 5.12. The number of fused-ring (bicyclic) bond motifs is 1. The lowest BCUT2D eigenvalue weighted by molar-refractivity contribution is 0.0785. The van der Waals surface area contributed by atoms with Gasteiger partial charge in [-0.15, -0.1) is 0 Å². The van der Waals surface area contributed by atoms with Crippen LogP contribution in [-0.2, 0) is 19.6 Å². The summed E-state index contributed by atoms with van der Waals surface area (Å²) < 4.78 is 3.71. The number of nitrogens with zero attached hydrogens (tertiary/aromatic N) is 6. The standard InChI is InChI=1S/C22H24N6O/c1-4-27-11-10-17(25-27)15-26(3)22(29)19-12-21(16-13-23-28(5-2)14-16)24-20-9-7-6-8-18(19)20/h6-14H,4-5,15H2,1-3H3. The number of hydrogen-bond donors (Lipinski definition) is 0. The van der Waals surface area contributed by atoms with Gasteiger partial charge in [0.2, 0.25) is 0 Å². The number of aromatic nitrogens is 5. The minimum Gasteiger partial charge on any atom is -0.336 e. The molecule has 0 saturated heterocycles. The van der Waals surface area contributed by atoms with Gasteiger partial charge in [-0.2, -0.15) is 10.2 Å². The summed E-state index contributed by atoms with van der Waals surface area (Å²) in [5.41, 5.74) is 3.94. The van der Waals surface area contributed by atoms with Crippen LogP contribution in [0.1, 0.15) is 29.9 Å². The van der Waals surface area contributed by atoms with Crippen molar-refractivity contribution >= 4 is 16.8 Å². The molecule has 3 aromatic heterocycles. The lowest BCUT2D eigenvalue weighted by Crippen LogP contribution is -2.27. The summed E-state index contributed by atoms with van der Waals surface area (Å²) in [6, 6.07) is 11.5. The maximum Gasteiger partial charge on any atom is 0.254 e. The monoisotopic (exact) mass is 388 g/mol. The average molecular weight is 388 g/mol. The van der Waals surface area contributed by atoms with Crippen LogP contribution in [0.4, 0.5) is 0 Å². The molecule has 0 radical (unpaired) electrons. The number of carbonyl (C=O) groups is 1. The molecule has 7 nitrogen and oxygen atoms in total. The molecule has 0 aliphatic carbocycles. The van der Waals surface area contributed by atoms with Gasteiger partial charge in [-0.1, -0.05) is 18.2 Å². The largest absolute Gasteiger partial charge is 0.336 e.